The summed E-state index contributed by atoms with van der Waals surface area (Å²) in [6, 6.07) is 6.48. The molecule has 1 saturated heterocycles. The third-order valence-electron chi connectivity index (χ3n) is 6.79. The SMILES string of the molecule is CC(C)C(C)N1CCCN(C(=O)c2cc(Cc3c[nH]c(=O)c4cc(Cl)c(Cl)n34)ccc2F)CC1. The number of carbonyl (C=O) groups is 1. The third kappa shape index (κ3) is 4.88. The summed E-state index contributed by atoms with van der Waals surface area (Å²) in [7, 11) is 0. The molecule has 1 aliphatic heterocycles. The van der Waals surface area contributed by atoms with E-state index in [1.165, 1.54) is 12.1 Å². The Bertz CT molecular complexity index is 1270. The van der Waals surface area contributed by atoms with E-state index in [0.717, 1.165) is 25.1 Å². The molecular weight excluding hydrogens is 478 g/mol. The van der Waals surface area contributed by atoms with Crippen LogP contribution in [-0.2, 0) is 6.42 Å². The van der Waals surface area contributed by atoms with Crippen LogP contribution in [0.15, 0.2) is 35.3 Å². The fraction of sp³-hybridized carbons (Fsp3) is 0.440. The molecule has 4 rings (SSSR count). The lowest BCUT2D eigenvalue weighted by Crippen LogP contribution is -2.40. The van der Waals surface area contributed by atoms with Gasteiger partial charge in [0.2, 0.25) is 0 Å². The average molecular weight is 507 g/mol. The van der Waals surface area contributed by atoms with Crippen LogP contribution in [0.25, 0.3) is 5.52 Å². The van der Waals surface area contributed by atoms with Gasteiger partial charge in [-0.25, -0.2) is 4.39 Å². The van der Waals surface area contributed by atoms with Crippen LogP contribution in [0.4, 0.5) is 4.39 Å². The number of hydrogen-bond donors (Lipinski definition) is 1. The molecule has 1 aliphatic rings. The van der Waals surface area contributed by atoms with Crippen molar-refractivity contribution in [3.05, 3.63) is 73.6 Å². The molecule has 1 atom stereocenters. The van der Waals surface area contributed by atoms with Gasteiger partial charge in [0.05, 0.1) is 10.6 Å². The number of amides is 1. The molecule has 1 unspecified atom stereocenters. The van der Waals surface area contributed by atoms with Crippen LogP contribution < -0.4 is 5.56 Å². The molecule has 6 nitrogen and oxygen atoms in total. The molecule has 182 valence electrons. The highest BCUT2D eigenvalue weighted by Crippen LogP contribution is 2.27. The van der Waals surface area contributed by atoms with Crippen LogP contribution in [0.5, 0.6) is 0 Å². The van der Waals surface area contributed by atoms with Gasteiger partial charge in [-0.1, -0.05) is 43.1 Å². The number of carbonyl (C=O) groups excluding carboxylic acids is 1. The molecule has 0 saturated carbocycles. The predicted molar refractivity (Wildman–Crippen MR) is 134 cm³/mol. The second-order valence-electron chi connectivity index (χ2n) is 9.27. The first-order valence-corrected chi connectivity index (χ1v) is 12.3. The van der Waals surface area contributed by atoms with Gasteiger partial charge in [-0.15, -0.1) is 0 Å². The van der Waals surface area contributed by atoms with E-state index in [9.17, 15) is 14.0 Å². The zero-order valence-electron chi connectivity index (χ0n) is 19.6. The molecule has 0 bridgehead atoms. The number of aromatic nitrogens is 2. The minimum absolute atomic E-state index is 0.0557. The van der Waals surface area contributed by atoms with Gasteiger partial charge in [0, 0.05) is 50.5 Å². The van der Waals surface area contributed by atoms with Gasteiger partial charge in [-0.05, 0) is 43.0 Å². The Hall–Kier alpha value is -2.35. The smallest absolute Gasteiger partial charge is 0.272 e. The molecule has 9 heteroatoms. The molecule has 1 amide bonds. The summed E-state index contributed by atoms with van der Waals surface area (Å²) >= 11 is 12.4. The van der Waals surface area contributed by atoms with E-state index < -0.39 is 5.82 Å². The molecule has 1 N–H and O–H groups in total. The summed E-state index contributed by atoms with van der Waals surface area (Å²) in [5.41, 5.74) is 1.47. The molecule has 34 heavy (non-hydrogen) atoms. The topological polar surface area (TPSA) is 60.8 Å². The second-order valence-corrected chi connectivity index (χ2v) is 10.0. The molecule has 0 radical (unpaired) electrons. The van der Waals surface area contributed by atoms with Gasteiger partial charge < -0.3 is 9.88 Å². The van der Waals surface area contributed by atoms with Gasteiger partial charge in [0.25, 0.3) is 11.5 Å². The van der Waals surface area contributed by atoms with Crippen molar-refractivity contribution in [3.63, 3.8) is 0 Å². The highest BCUT2D eigenvalue weighted by atomic mass is 35.5. The summed E-state index contributed by atoms with van der Waals surface area (Å²) in [6.45, 7) is 9.47. The lowest BCUT2D eigenvalue weighted by Gasteiger charge is -2.30. The van der Waals surface area contributed by atoms with Crippen molar-refractivity contribution in [1.82, 2.24) is 19.2 Å². The molecule has 3 heterocycles. The Labute approximate surface area is 208 Å². The maximum atomic E-state index is 14.8. The van der Waals surface area contributed by atoms with Crippen molar-refractivity contribution < 1.29 is 9.18 Å². The summed E-state index contributed by atoms with van der Waals surface area (Å²) in [5.74, 6) is -0.314. The molecular formula is C25H29Cl2FN4O2. The number of hydrogen-bond acceptors (Lipinski definition) is 3. The fourth-order valence-electron chi connectivity index (χ4n) is 4.52. The number of benzene rings is 1. The van der Waals surface area contributed by atoms with Crippen LogP contribution in [0.3, 0.4) is 0 Å². The standard InChI is InChI=1S/C25H29Cl2FN4O2/c1-15(2)16(3)30-7-4-8-31(10-9-30)25(34)19-12-17(5-6-21(19)28)11-18-14-29-24(33)22-13-20(26)23(27)32(18)22/h5-6,12-16H,4,7-11H2,1-3H3,(H,29,33). The van der Waals surface area contributed by atoms with Crippen LogP contribution >= 0.6 is 23.2 Å². The Morgan fingerprint density at radius 2 is 1.88 bits per heavy atom. The highest BCUT2D eigenvalue weighted by molar-refractivity contribution is 6.42. The summed E-state index contributed by atoms with van der Waals surface area (Å²) in [6.07, 6.45) is 2.74. The van der Waals surface area contributed by atoms with E-state index in [0.29, 0.717) is 42.7 Å². The number of halogens is 3. The first kappa shape index (κ1) is 24.8. The fourth-order valence-corrected chi connectivity index (χ4v) is 4.96. The van der Waals surface area contributed by atoms with Gasteiger partial charge in [0.15, 0.2) is 0 Å². The maximum Gasteiger partial charge on any atom is 0.272 e. The van der Waals surface area contributed by atoms with E-state index in [2.05, 4.69) is 30.7 Å². The lowest BCUT2D eigenvalue weighted by atomic mass is 10.0. The van der Waals surface area contributed by atoms with E-state index in [1.54, 1.807) is 27.6 Å². The first-order chi connectivity index (χ1) is 16.2. The Kier molecular flexibility index (Phi) is 7.36. The zero-order valence-corrected chi connectivity index (χ0v) is 21.1. The largest absolute Gasteiger partial charge is 0.337 e. The quantitative estimate of drug-likeness (QED) is 0.537. The average Bonchev–Trinajstić information content (AvgIpc) is 2.98. The zero-order chi connectivity index (χ0) is 24.6. The van der Waals surface area contributed by atoms with Gasteiger partial charge in [-0.3, -0.25) is 18.9 Å². The van der Waals surface area contributed by atoms with E-state index >= 15 is 0 Å². The number of H-pyrrole nitrogens is 1. The molecule has 0 aliphatic carbocycles. The second kappa shape index (κ2) is 10.1. The van der Waals surface area contributed by atoms with Crippen LogP contribution in [0, 0.1) is 11.7 Å². The highest BCUT2D eigenvalue weighted by Gasteiger charge is 2.25. The first-order valence-electron chi connectivity index (χ1n) is 11.6. The maximum absolute atomic E-state index is 14.8. The molecule has 3 aromatic rings. The van der Waals surface area contributed by atoms with Crippen molar-refractivity contribution in [2.75, 3.05) is 26.2 Å². The van der Waals surface area contributed by atoms with Crippen molar-refractivity contribution in [3.8, 4) is 0 Å². The monoisotopic (exact) mass is 506 g/mol. The third-order valence-corrected chi connectivity index (χ3v) is 7.55. The van der Waals surface area contributed by atoms with Crippen LogP contribution in [0.2, 0.25) is 10.2 Å². The Morgan fingerprint density at radius 1 is 1.12 bits per heavy atom. The number of fused-ring (bicyclic) bond motifs is 1. The van der Waals surface area contributed by atoms with Crippen LogP contribution in [0.1, 0.15) is 48.8 Å². The number of aromatic amines is 1. The van der Waals surface area contributed by atoms with E-state index in [-0.39, 0.29) is 27.2 Å². The predicted octanol–water partition coefficient (Wildman–Crippen LogP) is 4.86. The van der Waals surface area contributed by atoms with Gasteiger partial charge in [0.1, 0.15) is 16.5 Å². The Balaban J connectivity index is 1.57. The van der Waals surface area contributed by atoms with Crippen molar-refractivity contribution in [2.24, 2.45) is 5.92 Å². The van der Waals surface area contributed by atoms with E-state index in [1.807, 2.05) is 0 Å². The minimum Gasteiger partial charge on any atom is -0.337 e. The number of nitrogens with zero attached hydrogens (tertiary/aromatic N) is 3. The number of rotatable bonds is 5. The van der Waals surface area contributed by atoms with Crippen molar-refractivity contribution in [2.45, 2.75) is 39.7 Å². The molecule has 2 aromatic heterocycles. The summed E-state index contributed by atoms with van der Waals surface area (Å²) in [5, 5.41) is 0.512. The van der Waals surface area contributed by atoms with Crippen LogP contribution in [-0.4, -0.2) is 57.3 Å². The molecule has 1 fully saturated rings. The van der Waals surface area contributed by atoms with E-state index in [4.69, 9.17) is 23.2 Å². The van der Waals surface area contributed by atoms with Gasteiger partial charge in [-0.2, -0.15) is 0 Å². The normalized spacial score (nSPS) is 16.3. The summed E-state index contributed by atoms with van der Waals surface area (Å²) < 4.78 is 16.3. The molecule has 1 aromatic carbocycles. The minimum atomic E-state index is -0.543. The summed E-state index contributed by atoms with van der Waals surface area (Å²) in [4.78, 5) is 32.3. The van der Waals surface area contributed by atoms with Crippen molar-refractivity contribution >= 4 is 34.6 Å². The van der Waals surface area contributed by atoms with Crippen molar-refractivity contribution in [1.29, 1.82) is 0 Å². The Morgan fingerprint density at radius 3 is 2.62 bits per heavy atom. The lowest BCUT2D eigenvalue weighted by molar-refractivity contribution is 0.0751. The molecule has 0 spiro atoms. The van der Waals surface area contributed by atoms with Gasteiger partial charge >= 0.3 is 0 Å². The number of nitrogens with one attached hydrogen (secondary N) is 1.